The molecule has 5 heteroatoms. The molecule has 0 atom stereocenters. The van der Waals surface area contributed by atoms with Gasteiger partial charge in [-0.1, -0.05) is 59.6 Å². The molecule has 0 aliphatic carbocycles. The maximum absolute atomic E-state index is 12.4. The maximum Gasteiger partial charge on any atom is 0.224 e. The lowest BCUT2D eigenvalue weighted by Crippen LogP contribution is -2.14. The predicted octanol–water partition coefficient (Wildman–Crippen LogP) is 6.04. The number of hydrogen-bond donors (Lipinski definition) is 1. The van der Waals surface area contributed by atoms with Crippen molar-refractivity contribution in [1.82, 2.24) is 0 Å². The smallest absolute Gasteiger partial charge is 0.224 e. The molecule has 1 amide bonds. The lowest BCUT2D eigenvalue weighted by atomic mass is 10.0. The molecule has 3 aromatic rings. The summed E-state index contributed by atoms with van der Waals surface area (Å²) in [6, 6.07) is 21.6. The lowest BCUT2D eigenvalue weighted by Gasteiger charge is -2.13. The van der Waals surface area contributed by atoms with E-state index in [4.69, 9.17) is 16.3 Å². The molecular formula is C23H20ClNO3. The minimum absolute atomic E-state index is 0.0676. The van der Waals surface area contributed by atoms with Crippen LogP contribution in [0.1, 0.15) is 28.8 Å². The second-order valence-electron chi connectivity index (χ2n) is 6.39. The Bertz CT molecular complexity index is 969. The van der Waals surface area contributed by atoms with Crippen molar-refractivity contribution in [2.24, 2.45) is 0 Å². The van der Waals surface area contributed by atoms with Crippen molar-refractivity contribution < 1.29 is 14.3 Å². The Morgan fingerprint density at radius 1 is 0.929 bits per heavy atom. The Balaban J connectivity index is 1.64. The molecule has 3 aromatic carbocycles. The Morgan fingerprint density at radius 2 is 1.64 bits per heavy atom. The summed E-state index contributed by atoms with van der Waals surface area (Å²) in [7, 11) is 0. The third-order valence-corrected chi connectivity index (χ3v) is 4.37. The largest absolute Gasteiger partial charge is 0.455 e. The van der Waals surface area contributed by atoms with Gasteiger partial charge in [-0.25, -0.2) is 0 Å². The van der Waals surface area contributed by atoms with Crippen molar-refractivity contribution in [3.63, 3.8) is 0 Å². The maximum atomic E-state index is 12.4. The van der Waals surface area contributed by atoms with Crippen molar-refractivity contribution in [3.8, 4) is 11.5 Å². The second kappa shape index (κ2) is 9.20. The molecule has 0 radical (unpaired) electrons. The van der Waals surface area contributed by atoms with E-state index in [2.05, 4.69) is 5.32 Å². The first-order valence-electron chi connectivity index (χ1n) is 8.93. The topological polar surface area (TPSA) is 55.4 Å². The number of anilines is 1. The number of ether oxygens (including phenoxy) is 1. The molecule has 0 bridgehead atoms. The molecule has 0 spiro atoms. The van der Waals surface area contributed by atoms with E-state index in [0.29, 0.717) is 27.8 Å². The van der Waals surface area contributed by atoms with Crippen LogP contribution in [0, 0.1) is 6.92 Å². The van der Waals surface area contributed by atoms with Gasteiger partial charge in [0.15, 0.2) is 11.5 Å². The van der Waals surface area contributed by atoms with Gasteiger partial charge >= 0.3 is 0 Å². The number of rotatable bonds is 7. The van der Waals surface area contributed by atoms with E-state index in [9.17, 15) is 9.59 Å². The van der Waals surface area contributed by atoms with E-state index in [1.54, 1.807) is 30.3 Å². The van der Waals surface area contributed by atoms with Gasteiger partial charge in [0.2, 0.25) is 5.91 Å². The Morgan fingerprint density at radius 3 is 2.36 bits per heavy atom. The molecule has 3 rings (SSSR count). The van der Waals surface area contributed by atoms with Crippen LogP contribution < -0.4 is 10.1 Å². The second-order valence-corrected chi connectivity index (χ2v) is 6.83. The highest BCUT2D eigenvalue weighted by Gasteiger charge is 2.13. The normalized spacial score (nSPS) is 10.4. The number of hydrogen-bond acceptors (Lipinski definition) is 3. The van der Waals surface area contributed by atoms with Crippen molar-refractivity contribution >= 4 is 29.0 Å². The highest BCUT2D eigenvalue weighted by Crippen LogP contribution is 2.32. The van der Waals surface area contributed by atoms with Crippen LogP contribution in [0.15, 0.2) is 72.8 Å². The minimum Gasteiger partial charge on any atom is -0.455 e. The third kappa shape index (κ3) is 5.44. The van der Waals surface area contributed by atoms with Gasteiger partial charge in [-0.15, -0.1) is 0 Å². The Labute approximate surface area is 169 Å². The van der Waals surface area contributed by atoms with Crippen molar-refractivity contribution in [1.29, 1.82) is 0 Å². The van der Waals surface area contributed by atoms with Crippen molar-refractivity contribution in [2.45, 2.75) is 19.8 Å². The van der Waals surface area contributed by atoms with Crippen molar-refractivity contribution in [2.75, 3.05) is 5.32 Å². The van der Waals surface area contributed by atoms with Gasteiger partial charge in [-0.3, -0.25) is 9.59 Å². The third-order valence-electron chi connectivity index (χ3n) is 4.14. The minimum atomic E-state index is -0.277. The first kappa shape index (κ1) is 19.6. The zero-order valence-corrected chi connectivity index (χ0v) is 16.2. The van der Waals surface area contributed by atoms with Crippen LogP contribution >= 0.6 is 11.6 Å². The number of nitrogens with one attached hydrogen (secondary N) is 1. The Hall–Kier alpha value is -3.11. The first-order valence-corrected chi connectivity index (χ1v) is 9.31. The van der Waals surface area contributed by atoms with Gasteiger partial charge in [0.1, 0.15) is 5.75 Å². The molecule has 0 heterocycles. The van der Waals surface area contributed by atoms with E-state index in [-0.39, 0.29) is 24.5 Å². The summed E-state index contributed by atoms with van der Waals surface area (Å²) >= 11 is 6.06. The van der Waals surface area contributed by atoms with Gasteiger partial charge in [-0.2, -0.15) is 0 Å². The molecule has 4 nitrogen and oxygen atoms in total. The molecule has 142 valence electrons. The number of benzene rings is 3. The summed E-state index contributed by atoms with van der Waals surface area (Å²) in [6.07, 6.45) is 0.203. The van der Waals surface area contributed by atoms with Crippen LogP contribution in [-0.2, 0) is 4.79 Å². The number of para-hydroxylation sites is 1. The first-order chi connectivity index (χ1) is 13.5. The van der Waals surface area contributed by atoms with E-state index in [0.717, 1.165) is 5.56 Å². The van der Waals surface area contributed by atoms with Gasteiger partial charge in [0.05, 0.1) is 5.69 Å². The molecule has 0 fully saturated rings. The molecule has 0 aromatic heterocycles. The number of ketones is 1. The number of aryl methyl sites for hydroxylation is 1. The molecule has 1 N–H and O–H groups in total. The summed E-state index contributed by atoms with van der Waals surface area (Å²) in [5, 5.41) is 3.27. The summed E-state index contributed by atoms with van der Waals surface area (Å²) in [4.78, 5) is 24.6. The summed E-state index contributed by atoms with van der Waals surface area (Å²) in [6.45, 7) is 1.96. The van der Waals surface area contributed by atoms with Crippen LogP contribution in [0.3, 0.4) is 0 Å². The quantitative estimate of drug-likeness (QED) is 0.497. The zero-order valence-electron chi connectivity index (χ0n) is 15.4. The van der Waals surface area contributed by atoms with Gasteiger partial charge in [0, 0.05) is 23.4 Å². The number of halogens is 1. The summed E-state index contributed by atoms with van der Waals surface area (Å²) in [5.41, 5.74) is 2.15. The lowest BCUT2D eigenvalue weighted by molar-refractivity contribution is -0.116. The van der Waals surface area contributed by atoms with Gasteiger partial charge < -0.3 is 10.1 Å². The van der Waals surface area contributed by atoms with Crippen LogP contribution in [0.5, 0.6) is 11.5 Å². The monoisotopic (exact) mass is 393 g/mol. The number of amides is 1. The number of carbonyl (C=O) groups excluding carboxylic acids is 2. The highest BCUT2D eigenvalue weighted by molar-refractivity contribution is 6.31. The van der Waals surface area contributed by atoms with E-state index < -0.39 is 0 Å². The van der Waals surface area contributed by atoms with Crippen LogP contribution in [0.25, 0.3) is 0 Å². The van der Waals surface area contributed by atoms with Gasteiger partial charge in [0.25, 0.3) is 0 Å². The number of Topliss-reactive ketones (excluding diaryl/α,β-unsaturated/α-hetero) is 1. The van der Waals surface area contributed by atoms with Crippen LogP contribution in [0.4, 0.5) is 5.69 Å². The predicted molar refractivity (Wildman–Crippen MR) is 111 cm³/mol. The average molecular weight is 394 g/mol. The fraction of sp³-hybridized carbons (Fsp3) is 0.130. The van der Waals surface area contributed by atoms with Crippen LogP contribution in [-0.4, -0.2) is 11.7 Å². The zero-order chi connectivity index (χ0) is 19.9. The fourth-order valence-electron chi connectivity index (χ4n) is 2.63. The van der Waals surface area contributed by atoms with E-state index in [1.807, 2.05) is 49.4 Å². The SMILES string of the molecule is Cc1ccc(C(=O)CCC(=O)Nc2cc(Cl)ccc2Oc2ccccc2)cc1. The van der Waals surface area contributed by atoms with Gasteiger partial charge in [-0.05, 0) is 37.3 Å². The highest BCUT2D eigenvalue weighted by atomic mass is 35.5. The van der Waals surface area contributed by atoms with Crippen LogP contribution in [0.2, 0.25) is 5.02 Å². The molecule has 0 saturated heterocycles. The molecule has 0 saturated carbocycles. The van der Waals surface area contributed by atoms with Crippen molar-refractivity contribution in [3.05, 3.63) is 88.9 Å². The standard InChI is InChI=1S/C23H20ClNO3/c1-16-7-9-17(10-8-16)21(26)12-14-23(27)25-20-15-18(24)11-13-22(20)28-19-5-3-2-4-6-19/h2-11,13,15H,12,14H2,1H3,(H,25,27). The molecule has 28 heavy (non-hydrogen) atoms. The Kier molecular flexibility index (Phi) is 6.45. The molecule has 0 unspecified atom stereocenters. The summed E-state index contributed by atoms with van der Waals surface area (Å²) < 4.78 is 5.83. The summed E-state index contributed by atoms with van der Waals surface area (Å²) in [5.74, 6) is 0.784. The number of carbonyl (C=O) groups is 2. The molecular weight excluding hydrogens is 374 g/mol. The van der Waals surface area contributed by atoms with E-state index >= 15 is 0 Å². The molecule has 0 aliphatic rings. The fourth-order valence-corrected chi connectivity index (χ4v) is 2.80. The average Bonchev–Trinajstić information content (AvgIpc) is 2.69. The van der Waals surface area contributed by atoms with E-state index in [1.165, 1.54) is 0 Å². The molecule has 0 aliphatic heterocycles.